The first kappa shape index (κ1) is 12.9. The molecule has 1 aromatic carbocycles. The standard InChI is InChI=1S/C16H19BrN2/c1-11-7-14(17)16(19(2)10-11)8-12-9-18-15-6-4-3-5-13(12)15/h3-7,9,11,16,18H,8,10H2,1-2H3/t11?,16-/m1/s1. The van der Waals surface area contributed by atoms with Gasteiger partial charge in [0.1, 0.15) is 0 Å². The van der Waals surface area contributed by atoms with E-state index in [1.54, 1.807) is 0 Å². The summed E-state index contributed by atoms with van der Waals surface area (Å²) in [6.07, 6.45) is 5.54. The molecule has 1 aromatic heterocycles. The van der Waals surface area contributed by atoms with E-state index in [2.05, 4.69) is 76.3 Å². The fraction of sp³-hybridized carbons (Fsp3) is 0.375. The summed E-state index contributed by atoms with van der Waals surface area (Å²) in [5.41, 5.74) is 2.62. The summed E-state index contributed by atoms with van der Waals surface area (Å²) in [5, 5.41) is 1.34. The normalized spacial score (nSPS) is 24.7. The van der Waals surface area contributed by atoms with Gasteiger partial charge in [0.25, 0.3) is 0 Å². The minimum atomic E-state index is 0.454. The van der Waals surface area contributed by atoms with Gasteiger partial charge in [-0.3, -0.25) is 4.90 Å². The fourth-order valence-corrected chi connectivity index (χ4v) is 3.95. The van der Waals surface area contributed by atoms with E-state index in [1.807, 2.05) is 0 Å². The second-order valence-electron chi connectivity index (χ2n) is 5.55. The van der Waals surface area contributed by atoms with Crippen LogP contribution < -0.4 is 0 Å². The molecule has 1 aliphatic rings. The Balaban J connectivity index is 1.90. The molecule has 0 spiro atoms. The average Bonchev–Trinajstić information content (AvgIpc) is 2.77. The van der Waals surface area contributed by atoms with Crippen molar-refractivity contribution in [3.63, 3.8) is 0 Å². The van der Waals surface area contributed by atoms with Gasteiger partial charge >= 0.3 is 0 Å². The lowest BCUT2D eigenvalue weighted by atomic mass is 9.97. The monoisotopic (exact) mass is 318 g/mol. The molecule has 0 bridgehead atoms. The van der Waals surface area contributed by atoms with Crippen LogP contribution in [0.4, 0.5) is 0 Å². The Morgan fingerprint density at radius 3 is 2.95 bits per heavy atom. The molecule has 1 unspecified atom stereocenters. The number of H-pyrrole nitrogens is 1. The highest BCUT2D eigenvalue weighted by atomic mass is 79.9. The van der Waals surface area contributed by atoms with Crippen molar-refractivity contribution in [1.29, 1.82) is 0 Å². The van der Waals surface area contributed by atoms with Gasteiger partial charge in [0.2, 0.25) is 0 Å². The molecule has 0 aliphatic carbocycles. The largest absolute Gasteiger partial charge is 0.361 e. The molecular weight excluding hydrogens is 300 g/mol. The zero-order valence-electron chi connectivity index (χ0n) is 11.4. The molecule has 1 aliphatic heterocycles. The van der Waals surface area contributed by atoms with Gasteiger partial charge < -0.3 is 4.98 Å². The number of nitrogens with zero attached hydrogens (tertiary/aromatic N) is 1. The van der Waals surface area contributed by atoms with Crippen LogP contribution >= 0.6 is 15.9 Å². The van der Waals surface area contributed by atoms with Crippen LogP contribution in [-0.4, -0.2) is 29.5 Å². The molecule has 0 saturated heterocycles. The third-order valence-electron chi connectivity index (χ3n) is 3.96. The van der Waals surface area contributed by atoms with Crippen molar-refractivity contribution in [2.24, 2.45) is 5.92 Å². The van der Waals surface area contributed by atoms with Crippen LogP contribution in [0, 0.1) is 5.92 Å². The number of fused-ring (bicyclic) bond motifs is 1. The lowest BCUT2D eigenvalue weighted by Crippen LogP contribution is -2.39. The summed E-state index contributed by atoms with van der Waals surface area (Å²) in [6.45, 7) is 3.39. The van der Waals surface area contributed by atoms with Crippen molar-refractivity contribution in [3.8, 4) is 0 Å². The van der Waals surface area contributed by atoms with E-state index in [9.17, 15) is 0 Å². The van der Waals surface area contributed by atoms with Crippen LogP contribution in [0.5, 0.6) is 0 Å². The number of hydrogen-bond acceptors (Lipinski definition) is 1. The van der Waals surface area contributed by atoms with E-state index < -0.39 is 0 Å². The van der Waals surface area contributed by atoms with Gasteiger partial charge in [0, 0.05) is 34.2 Å². The van der Waals surface area contributed by atoms with E-state index in [-0.39, 0.29) is 0 Å². The summed E-state index contributed by atoms with van der Waals surface area (Å²) in [4.78, 5) is 5.80. The van der Waals surface area contributed by atoms with Crippen molar-refractivity contribution < 1.29 is 0 Å². The quantitative estimate of drug-likeness (QED) is 0.888. The number of para-hydroxylation sites is 1. The van der Waals surface area contributed by atoms with Crippen LogP contribution in [0.15, 0.2) is 41.0 Å². The highest BCUT2D eigenvalue weighted by molar-refractivity contribution is 9.11. The lowest BCUT2D eigenvalue weighted by molar-refractivity contribution is 0.241. The number of hydrogen-bond donors (Lipinski definition) is 1. The molecule has 2 nitrogen and oxygen atoms in total. The number of rotatable bonds is 2. The predicted molar refractivity (Wildman–Crippen MR) is 84.6 cm³/mol. The molecule has 100 valence electrons. The summed E-state index contributed by atoms with van der Waals surface area (Å²) in [7, 11) is 2.21. The fourth-order valence-electron chi connectivity index (χ4n) is 2.99. The number of aromatic nitrogens is 1. The Kier molecular flexibility index (Phi) is 3.50. The zero-order chi connectivity index (χ0) is 13.4. The van der Waals surface area contributed by atoms with Gasteiger partial charge in [-0.2, -0.15) is 0 Å². The number of likely N-dealkylation sites (N-methyl/N-ethyl adjacent to an activating group) is 1. The lowest BCUT2D eigenvalue weighted by Gasteiger charge is -2.34. The molecule has 0 saturated carbocycles. The maximum absolute atomic E-state index is 3.75. The van der Waals surface area contributed by atoms with E-state index >= 15 is 0 Å². The maximum atomic E-state index is 3.75. The Morgan fingerprint density at radius 1 is 1.37 bits per heavy atom. The molecule has 3 rings (SSSR count). The van der Waals surface area contributed by atoms with Crippen molar-refractivity contribution in [1.82, 2.24) is 9.88 Å². The van der Waals surface area contributed by atoms with Gasteiger partial charge in [-0.05, 0) is 31.0 Å². The molecule has 0 fully saturated rings. The molecule has 2 aromatic rings. The first-order chi connectivity index (χ1) is 9.15. The molecular formula is C16H19BrN2. The third kappa shape index (κ3) is 2.49. The second-order valence-corrected chi connectivity index (χ2v) is 6.46. The Morgan fingerprint density at radius 2 is 2.16 bits per heavy atom. The molecule has 19 heavy (non-hydrogen) atoms. The van der Waals surface area contributed by atoms with Crippen molar-refractivity contribution in [2.75, 3.05) is 13.6 Å². The number of benzene rings is 1. The van der Waals surface area contributed by atoms with Crippen LogP contribution in [0.3, 0.4) is 0 Å². The van der Waals surface area contributed by atoms with Gasteiger partial charge in [-0.15, -0.1) is 0 Å². The number of nitrogens with one attached hydrogen (secondary N) is 1. The van der Waals surface area contributed by atoms with Crippen molar-refractivity contribution in [2.45, 2.75) is 19.4 Å². The Bertz CT molecular complexity index is 614. The average molecular weight is 319 g/mol. The summed E-state index contributed by atoms with van der Waals surface area (Å²) in [6, 6.07) is 8.97. The SMILES string of the molecule is CC1C=C(Br)[C@@H](Cc2c[nH]c3ccccc23)N(C)C1. The topological polar surface area (TPSA) is 19.0 Å². The molecule has 0 radical (unpaired) electrons. The van der Waals surface area contributed by atoms with Gasteiger partial charge in [0.05, 0.1) is 0 Å². The van der Waals surface area contributed by atoms with Crippen LogP contribution in [0.25, 0.3) is 10.9 Å². The van der Waals surface area contributed by atoms with Gasteiger partial charge in [-0.25, -0.2) is 0 Å². The first-order valence-electron chi connectivity index (χ1n) is 6.77. The van der Waals surface area contributed by atoms with Crippen LogP contribution in [0.1, 0.15) is 12.5 Å². The van der Waals surface area contributed by atoms with E-state index in [0.717, 1.165) is 13.0 Å². The van der Waals surface area contributed by atoms with E-state index in [4.69, 9.17) is 0 Å². The molecule has 0 amide bonds. The summed E-state index contributed by atoms with van der Waals surface area (Å²) >= 11 is 3.75. The first-order valence-corrected chi connectivity index (χ1v) is 7.57. The molecule has 2 heterocycles. The molecule has 1 N–H and O–H groups in total. The minimum Gasteiger partial charge on any atom is -0.361 e. The highest BCUT2D eigenvalue weighted by Gasteiger charge is 2.25. The number of halogens is 1. The maximum Gasteiger partial charge on any atom is 0.0456 e. The zero-order valence-corrected chi connectivity index (χ0v) is 12.9. The second kappa shape index (κ2) is 5.14. The minimum absolute atomic E-state index is 0.454. The summed E-state index contributed by atoms with van der Waals surface area (Å²) < 4.78 is 1.32. The Hall–Kier alpha value is -1.06. The van der Waals surface area contributed by atoms with Gasteiger partial charge in [0.15, 0.2) is 0 Å². The highest BCUT2D eigenvalue weighted by Crippen LogP contribution is 2.29. The van der Waals surface area contributed by atoms with Crippen molar-refractivity contribution >= 4 is 26.8 Å². The molecule has 2 atom stereocenters. The van der Waals surface area contributed by atoms with Gasteiger partial charge in [-0.1, -0.05) is 47.1 Å². The summed E-state index contributed by atoms with van der Waals surface area (Å²) in [5.74, 6) is 0.624. The number of aromatic amines is 1. The predicted octanol–water partition coefficient (Wildman–Crippen LogP) is 3.94. The van der Waals surface area contributed by atoms with Crippen molar-refractivity contribution in [3.05, 3.63) is 46.6 Å². The van der Waals surface area contributed by atoms with E-state index in [0.29, 0.717) is 12.0 Å². The smallest absolute Gasteiger partial charge is 0.0456 e. The molecule has 3 heteroatoms. The third-order valence-corrected chi connectivity index (χ3v) is 4.75. The Labute approximate surface area is 122 Å². The van der Waals surface area contributed by atoms with Crippen LogP contribution in [-0.2, 0) is 6.42 Å². The van der Waals surface area contributed by atoms with Crippen LogP contribution in [0.2, 0.25) is 0 Å². The van der Waals surface area contributed by atoms with E-state index in [1.165, 1.54) is 20.9 Å².